The van der Waals surface area contributed by atoms with Crippen molar-refractivity contribution in [1.29, 1.82) is 0 Å². The highest BCUT2D eigenvalue weighted by Gasteiger charge is 2.25. The number of halogens is 2. The molecule has 3 rings (SSSR count). The van der Waals surface area contributed by atoms with Crippen molar-refractivity contribution in [2.45, 2.75) is 39.7 Å². The van der Waals surface area contributed by atoms with Gasteiger partial charge in [-0.3, -0.25) is 9.48 Å². The van der Waals surface area contributed by atoms with E-state index in [0.29, 0.717) is 17.4 Å². The number of aromatic nitrogens is 3. The highest BCUT2D eigenvalue weighted by molar-refractivity contribution is 5.95. The second kappa shape index (κ2) is 7.30. The summed E-state index contributed by atoms with van der Waals surface area (Å²) in [6.07, 6.45) is -2.89. The Balaban J connectivity index is 1.86. The topological polar surface area (TPSA) is 86.9 Å². The van der Waals surface area contributed by atoms with Crippen LogP contribution in [0.1, 0.15) is 59.3 Å². The highest BCUT2D eigenvalue weighted by Crippen LogP contribution is 2.26. The Hall–Kier alpha value is -3.03. The molecule has 0 unspecified atom stereocenters. The average Bonchev–Trinajstić information content (AvgIpc) is 3.20. The smallest absolute Gasteiger partial charge is 0.282 e. The molecule has 0 fully saturated rings. The third-order valence-electron chi connectivity index (χ3n) is 4.42. The van der Waals surface area contributed by atoms with E-state index in [2.05, 4.69) is 24.1 Å². The van der Waals surface area contributed by atoms with Gasteiger partial charge in [-0.25, -0.2) is 8.78 Å². The maximum Gasteiger partial charge on any atom is 0.282 e. The van der Waals surface area contributed by atoms with Crippen LogP contribution in [0.5, 0.6) is 0 Å². The number of carbonyl (C=O) groups excluding carboxylic acids is 1. The summed E-state index contributed by atoms with van der Waals surface area (Å²) in [5, 5.41) is 7.85. The molecule has 0 aliphatic carbocycles. The molecule has 27 heavy (non-hydrogen) atoms. The van der Waals surface area contributed by atoms with Crippen molar-refractivity contribution in [3.63, 3.8) is 0 Å². The summed E-state index contributed by atoms with van der Waals surface area (Å²) < 4.78 is 32.8. The van der Waals surface area contributed by atoms with Gasteiger partial charge in [-0.05, 0) is 18.4 Å². The van der Waals surface area contributed by atoms with Crippen molar-refractivity contribution >= 4 is 5.91 Å². The summed E-state index contributed by atoms with van der Waals surface area (Å²) in [7, 11) is 0. The first kappa shape index (κ1) is 18.8. The van der Waals surface area contributed by atoms with Gasteiger partial charge in [-0.2, -0.15) is 5.10 Å². The molecule has 0 bridgehead atoms. The Morgan fingerprint density at radius 3 is 2.44 bits per heavy atom. The van der Waals surface area contributed by atoms with Gasteiger partial charge in [0.2, 0.25) is 0 Å². The number of rotatable bonds is 6. The quantitative estimate of drug-likeness (QED) is 0.705. The first-order chi connectivity index (χ1) is 12.8. The Morgan fingerprint density at radius 2 is 1.93 bits per heavy atom. The number of hydrogen-bond acceptors (Lipinski definition) is 4. The van der Waals surface area contributed by atoms with Crippen LogP contribution >= 0.6 is 0 Å². The number of nitrogens with zero attached hydrogens (tertiary/aromatic N) is 3. The second-order valence-corrected chi connectivity index (χ2v) is 6.62. The number of alkyl halides is 2. The number of nitrogens with two attached hydrogens (primary N) is 1. The minimum Gasteiger partial charge on any atom is -0.365 e. The molecule has 0 atom stereocenters. The lowest BCUT2D eigenvalue weighted by atomic mass is 10.0. The van der Waals surface area contributed by atoms with Crippen LogP contribution in [0.3, 0.4) is 0 Å². The third-order valence-corrected chi connectivity index (χ3v) is 4.42. The number of carbonyl (C=O) groups is 1. The molecule has 0 saturated heterocycles. The number of benzene rings is 1. The van der Waals surface area contributed by atoms with E-state index in [0.717, 1.165) is 5.56 Å². The fraction of sp³-hybridized carbons (Fsp3) is 0.316. The van der Waals surface area contributed by atoms with E-state index >= 15 is 0 Å². The molecule has 1 amide bonds. The first-order valence-corrected chi connectivity index (χ1v) is 8.49. The molecule has 0 spiro atoms. The van der Waals surface area contributed by atoms with Crippen molar-refractivity contribution in [2.24, 2.45) is 5.73 Å². The molecule has 1 aromatic carbocycles. The van der Waals surface area contributed by atoms with Gasteiger partial charge in [-0.1, -0.05) is 43.3 Å². The monoisotopic (exact) mass is 374 g/mol. The third kappa shape index (κ3) is 3.74. The van der Waals surface area contributed by atoms with Crippen LogP contribution in [0.2, 0.25) is 0 Å². The lowest BCUT2D eigenvalue weighted by molar-refractivity contribution is 0.0984. The zero-order valence-electron chi connectivity index (χ0n) is 15.2. The zero-order valence-corrected chi connectivity index (χ0v) is 15.2. The lowest BCUT2D eigenvalue weighted by Gasteiger charge is -2.04. The van der Waals surface area contributed by atoms with Crippen LogP contribution in [0.15, 0.2) is 34.9 Å². The fourth-order valence-corrected chi connectivity index (χ4v) is 2.89. The van der Waals surface area contributed by atoms with E-state index < -0.39 is 18.0 Å². The normalized spacial score (nSPS) is 11.5. The molecule has 2 N–H and O–H groups in total. The first-order valence-electron chi connectivity index (χ1n) is 8.49. The lowest BCUT2D eigenvalue weighted by Crippen LogP contribution is -2.14. The maximum absolute atomic E-state index is 13.1. The summed E-state index contributed by atoms with van der Waals surface area (Å²) in [5.41, 5.74) is 7.33. The number of amides is 1. The average molecular weight is 374 g/mol. The summed E-state index contributed by atoms with van der Waals surface area (Å²) >= 11 is 0. The molecule has 8 heteroatoms. The number of hydrogen-bond donors (Lipinski definition) is 1. The van der Waals surface area contributed by atoms with E-state index in [1.165, 1.54) is 17.2 Å². The van der Waals surface area contributed by atoms with Gasteiger partial charge in [0.15, 0.2) is 5.76 Å². The Morgan fingerprint density at radius 1 is 1.26 bits per heavy atom. The molecule has 0 aliphatic rings. The van der Waals surface area contributed by atoms with Crippen molar-refractivity contribution in [1.82, 2.24) is 14.9 Å². The molecular weight excluding hydrogens is 354 g/mol. The summed E-state index contributed by atoms with van der Waals surface area (Å²) in [5.74, 6) is -0.0730. The molecule has 2 aromatic heterocycles. The molecule has 0 aliphatic heterocycles. The van der Waals surface area contributed by atoms with Crippen LogP contribution in [0.4, 0.5) is 8.78 Å². The van der Waals surface area contributed by atoms with E-state index in [4.69, 9.17) is 10.3 Å². The summed E-state index contributed by atoms with van der Waals surface area (Å²) in [4.78, 5) is 11.5. The van der Waals surface area contributed by atoms with Gasteiger partial charge in [0.1, 0.15) is 17.9 Å². The highest BCUT2D eigenvalue weighted by atomic mass is 19.3. The Kier molecular flexibility index (Phi) is 5.07. The van der Waals surface area contributed by atoms with Gasteiger partial charge >= 0.3 is 0 Å². The molecule has 6 nitrogen and oxygen atoms in total. The predicted octanol–water partition coefficient (Wildman–Crippen LogP) is 4.05. The van der Waals surface area contributed by atoms with Crippen LogP contribution in [-0.2, 0) is 6.54 Å². The molecule has 142 valence electrons. The van der Waals surface area contributed by atoms with Crippen LogP contribution in [-0.4, -0.2) is 20.8 Å². The van der Waals surface area contributed by atoms with Crippen molar-refractivity contribution in [3.8, 4) is 11.3 Å². The van der Waals surface area contributed by atoms with E-state index in [9.17, 15) is 13.6 Å². The van der Waals surface area contributed by atoms with Gasteiger partial charge in [0, 0.05) is 17.3 Å². The molecule has 0 saturated carbocycles. The zero-order chi connectivity index (χ0) is 19.7. The van der Waals surface area contributed by atoms with Gasteiger partial charge < -0.3 is 10.3 Å². The van der Waals surface area contributed by atoms with Gasteiger partial charge in [-0.15, -0.1) is 0 Å². The number of primary amides is 1. The predicted molar refractivity (Wildman–Crippen MR) is 95.6 cm³/mol. The Bertz CT molecular complexity index is 959. The standard InChI is InChI=1S/C19H20F2N4O2/c1-10(2)12-4-6-13(7-5-12)15-8-14(27-24-15)9-25-11(3)16(19(22)26)17(23-25)18(20)21/h4-8,10,18H,9H2,1-3H3,(H2,22,26). The van der Waals surface area contributed by atoms with Crippen molar-refractivity contribution in [3.05, 3.63) is 58.6 Å². The van der Waals surface area contributed by atoms with Crippen molar-refractivity contribution in [2.75, 3.05) is 0 Å². The van der Waals surface area contributed by atoms with E-state index in [1.807, 2.05) is 24.3 Å². The molecule has 3 aromatic rings. The summed E-state index contributed by atoms with van der Waals surface area (Å²) in [6, 6.07) is 9.68. The molecule has 0 radical (unpaired) electrons. The van der Waals surface area contributed by atoms with Crippen LogP contribution in [0.25, 0.3) is 11.3 Å². The maximum atomic E-state index is 13.1. The summed E-state index contributed by atoms with van der Waals surface area (Å²) in [6.45, 7) is 5.81. The Labute approximate surface area is 155 Å². The van der Waals surface area contributed by atoms with Gasteiger partial charge in [0.05, 0.1) is 5.56 Å². The van der Waals surface area contributed by atoms with E-state index in [1.54, 1.807) is 6.07 Å². The SMILES string of the molecule is Cc1c(C(N)=O)c(C(F)F)nn1Cc1cc(-c2ccc(C(C)C)cc2)no1. The van der Waals surface area contributed by atoms with Crippen LogP contribution < -0.4 is 5.73 Å². The fourth-order valence-electron chi connectivity index (χ4n) is 2.89. The molecular formula is C19H20F2N4O2. The van der Waals surface area contributed by atoms with Gasteiger partial charge in [0.25, 0.3) is 12.3 Å². The second-order valence-electron chi connectivity index (χ2n) is 6.62. The van der Waals surface area contributed by atoms with Crippen molar-refractivity contribution < 1.29 is 18.1 Å². The largest absolute Gasteiger partial charge is 0.365 e. The molecule has 2 heterocycles. The van der Waals surface area contributed by atoms with E-state index in [-0.39, 0.29) is 17.8 Å². The minimum absolute atomic E-state index is 0.0654. The minimum atomic E-state index is -2.89. The van der Waals surface area contributed by atoms with Crippen LogP contribution in [0, 0.1) is 6.92 Å².